The molecule has 0 saturated carbocycles. The van der Waals surface area contributed by atoms with Gasteiger partial charge in [0.25, 0.3) is 0 Å². The van der Waals surface area contributed by atoms with Gasteiger partial charge in [0.15, 0.2) is 0 Å². The van der Waals surface area contributed by atoms with Crippen LogP contribution in [0, 0.1) is 5.92 Å². The van der Waals surface area contributed by atoms with Gasteiger partial charge in [-0.1, -0.05) is 0 Å². The van der Waals surface area contributed by atoms with Crippen molar-refractivity contribution in [2.24, 2.45) is 5.92 Å². The summed E-state index contributed by atoms with van der Waals surface area (Å²) < 4.78 is 8.52. The van der Waals surface area contributed by atoms with Crippen LogP contribution in [0.15, 0.2) is 29.1 Å². The number of ether oxygens (including phenoxy) is 1. The van der Waals surface area contributed by atoms with E-state index in [4.69, 9.17) is 4.74 Å². The Hall–Kier alpha value is -1.56. The van der Waals surface area contributed by atoms with Crippen LogP contribution in [0.25, 0.3) is 10.9 Å². The molecule has 5 nitrogen and oxygen atoms in total. The van der Waals surface area contributed by atoms with Gasteiger partial charge in [0, 0.05) is 31.2 Å². The molecule has 0 N–H and O–H groups in total. The third-order valence-corrected chi connectivity index (χ3v) is 4.45. The number of hydrogen-bond acceptors (Lipinski definition) is 3. The molecule has 23 heavy (non-hydrogen) atoms. The first kappa shape index (κ1) is 16.3. The highest BCUT2D eigenvalue weighted by molar-refractivity contribution is 9.10. The third-order valence-electron chi connectivity index (χ3n) is 4.02. The standard InChI is InChI=1S/C17H22BrN3O2/c1-17(2,3)23-16(22)21-6-4-12(11-21)10-20-7-5-13-8-15(18)19-9-14(13)20/h5,7-9,12H,4,6,10-11H2,1-3H3. The molecule has 6 heteroatoms. The van der Waals surface area contributed by atoms with Gasteiger partial charge in [-0.25, -0.2) is 9.78 Å². The lowest BCUT2D eigenvalue weighted by molar-refractivity contribution is 0.0287. The highest BCUT2D eigenvalue weighted by Crippen LogP contribution is 2.24. The number of pyridine rings is 1. The van der Waals surface area contributed by atoms with Gasteiger partial charge < -0.3 is 14.2 Å². The zero-order valence-corrected chi connectivity index (χ0v) is 15.3. The summed E-state index contributed by atoms with van der Waals surface area (Å²) in [5, 5.41) is 1.17. The number of rotatable bonds is 2. The molecule has 0 aliphatic carbocycles. The topological polar surface area (TPSA) is 47.4 Å². The molecule has 0 spiro atoms. The van der Waals surface area contributed by atoms with E-state index >= 15 is 0 Å². The molecule has 3 heterocycles. The Morgan fingerprint density at radius 3 is 3.00 bits per heavy atom. The van der Waals surface area contributed by atoms with Crippen molar-refractivity contribution in [2.75, 3.05) is 13.1 Å². The zero-order chi connectivity index (χ0) is 16.6. The van der Waals surface area contributed by atoms with Crippen LogP contribution in [-0.4, -0.2) is 39.2 Å². The average molecular weight is 380 g/mol. The number of likely N-dealkylation sites (tertiary alicyclic amines) is 1. The predicted octanol–water partition coefficient (Wildman–Crippen LogP) is 4.06. The number of nitrogens with zero attached hydrogens (tertiary/aromatic N) is 3. The maximum atomic E-state index is 12.1. The number of halogens is 1. The van der Waals surface area contributed by atoms with E-state index in [1.165, 1.54) is 5.39 Å². The van der Waals surface area contributed by atoms with Crippen molar-refractivity contribution >= 4 is 32.9 Å². The van der Waals surface area contributed by atoms with Crippen molar-refractivity contribution < 1.29 is 9.53 Å². The third kappa shape index (κ3) is 3.86. The van der Waals surface area contributed by atoms with Crippen LogP contribution < -0.4 is 0 Å². The molecule has 2 aromatic heterocycles. The highest BCUT2D eigenvalue weighted by atomic mass is 79.9. The van der Waals surface area contributed by atoms with Gasteiger partial charge >= 0.3 is 6.09 Å². The summed E-state index contributed by atoms with van der Waals surface area (Å²) in [7, 11) is 0. The summed E-state index contributed by atoms with van der Waals surface area (Å²) in [5.41, 5.74) is 0.689. The molecule has 1 amide bonds. The van der Waals surface area contributed by atoms with E-state index in [0.29, 0.717) is 5.92 Å². The molecule has 2 aromatic rings. The fourth-order valence-corrected chi connectivity index (χ4v) is 3.32. The number of aromatic nitrogens is 2. The molecule has 1 aliphatic rings. The molecule has 0 bridgehead atoms. The summed E-state index contributed by atoms with van der Waals surface area (Å²) in [6, 6.07) is 4.12. The van der Waals surface area contributed by atoms with E-state index in [0.717, 1.165) is 36.2 Å². The number of carbonyl (C=O) groups excluding carboxylic acids is 1. The minimum absolute atomic E-state index is 0.206. The Kier molecular flexibility index (Phi) is 4.36. The Labute approximate surface area is 144 Å². The van der Waals surface area contributed by atoms with Crippen molar-refractivity contribution in [3.63, 3.8) is 0 Å². The predicted molar refractivity (Wildman–Crippen MR) is 93.3 cm³/mol. The molecule has 1 aliphatic heterocycles. The van der Waals surface area contributed by atoms with Crippen molar-refractivity contribution in [3.8, 4) is 0 Å². The van der Waals surface area contributed by atoms with Crippen molar-refractivity contribution in [1.82, 2.24) is 14.5 Å². The normalized spacial score (nSPS) is 18.6. The smallest absolute Gasteiger partial charge is 0.410 e. The molecule has 1 saturated heterocycles. The molecule has 0 aromatic carbocycles. The van der Waals surface area contributed by atoms with E-state index in [1.807, 2.05) is 37.9 Å². The molecule has 124 valence electrons. The van der Waals surface area contributed by atoms with Crippen LogP contribution in [0.1, 0.15) is 27.2 Å². The second-order valence-electron chi connectivity index (χ2n) is 7.12. The molecule has 1 atom stereocenters. The van der Waals surface area contributed by atoms with Crippen molar-refractivity contribution in [2.45, 2.75) is 39.3 Å². The summed E-state index contributed by atoms with van der Waals surface area (Å²) in [5.74, 6) is 0.446. The average Bonchev–Trinajstić information content (AvgIpc) is 3.05. The molecule has 3 rings (SSSR count). The number of fused-ring (bicyclic) bond motifs is 1. The maximum Gasteiger partial charge on any atom is 0.410 e. The lowest BCUT2D eigenvalue weighted by Crippen LogP contribution is -2.35. The van der Waals surface area contributed by atoms with Crippen LogP contribution in [0.5, 0.6) is 0 Å². The monoisotopic (exact) mass is 379 g/mol. The van der Waals surface area contributed by atoms with E-state index < -0.39 is 5.60 Å². The van der Waals surface area contributed by atoms with E-state index in [-0.39, 0.29) is 6.09 Å². The SMILES string of the molecule is CC(C)(C)OC(=O)N1CCC(Cn2ccc3cc(Br)ncc32)C1. The first-order valence-electron chi connectivity index (χ1n) is 7.90. The lowest BCUT2D eigenvalue weighted by atomic mass is 10.1. The first-order chi connectivity index (χ1) is 10.8. The summed E-state index contributed by atoms with van der Waals surface area (Å²) in [6.45, 7) is 8.11. The Bertz CT molecular complexity index is 720. The lowest BCUT2D eigenvalue weighted by Gasteiger charge is -2.24. The van der Waals surface area contributed by atoms with Crippen LogP contribution in [-0.2, 0) is 11.3 Å². The van der Waals surface area contributed by atoms with Gasteiger partial charge in [-0.15, -0.1) is 0 Å². The van der Waals surface area contributed by atoms with Crippen molar-refractivity contribution in [3.05, 3.63) is 29.1 Å². The Morgan fingerprint density at radius 2 is 2.26 bits per heavy atom. The Morgan fingerprint density at radius 1 is 1.48 bits per heavy atom. The Balaban J connectivity index is 1.64. The molecule has 0 radical (unpaired) electrons. The van der Waals surface area contributed by atoms with Gasteiger partial charge in [-0.3, -0.25) is 0 Å². The van der Waals surface area contributed by atoms with E-state index in [9.17, 15) is 4.79 Å². The van der Waals surface area contributed by atoms with Gasteiger partial charge in [-0.2, -0.15) is 0 Å². The van der Waals surface area contributed by atoms with Crippen LogP contribution >= 0.6 is 15.9 Å². The highest BCUT2D eigenvalue weighted by Gasteiger charge is 2.30. The minimum Gasteiger partial charge on any atom is -0.444 e. The second kappa shape index (κ2) is 6.15. The number of amides is 1. The van der Waals surface area contributed by atoms with Crippen LogP contribution in [0.3, 0.4) is 0 Å². The van der Waals surface area contributed by atoms with E-state index in [2.05, 4.69) is 37.7 Å². The van der Waals surface area contributed by atoms with Gasteiger partial charge in [0.2, 0.25) is 0 Å². The first-order valence-corrected chi connectivity index (χ1v) is 8.69. The van der Waals surface area contributed by atoms with Crippen LogP contribution in [0.2, 0.25) is 0 Å². The van der Waals surface area contributed by atoms with E-state index in [1.54, 1.807) is 0 Å². The van der Waals surface area contributed by atoms with Gasteiger partial charge in [-0.05, 0) is 61.2 Å². The number of carbonyl (C=O) groups is 1. The zero-order valence-electron chi connectivity index (χ0n) is 13.8. The second-order valence-corrected chi connectivity index (χ2v) is 7.93. The van der Waals surface area contributed by atoms with Crippen LogP contribution in [0.4, 0.5) is 4.79 Å². The summed E-state index contributed by atoms with van der Waals surface area (Å²) in [4.78, 5) is 18.3. The number of hydrogen-bond donors (Lipinski definition) is 0. The van der Waals surface area contributed by atoms with Crippen molar-refractivity contribution in [1.29, 1.82) is 0 Å². The van der Waals surface area contributed by atoms with Gasteiger partial charge in [0.05, 0.1) is 11.7 Å². The molecule has 1 unspecified atom stereocenters. The fourth-order valence-electron chi connectivity index (χ4n) is 2.97. The molecular weight excluding hydrogens is 358 g/mol. The summed E-state index contributed by atoms with van der Waals surface area (Å²) >= 11 is 3.40. The molecule has 1 fully saturated rings. The fraction of sp³-hybridized carbons (Fsp3) is 0.529. The summed E-state index contributed by atoms with van der Waals surface area (Å²) in [6.07, 6.45) is 4.78. The van der Waals surface area contributed by atoms with Gasteiger partial charge in [0.1, 0.15) is 10.2 Å². The quantitative estimate of drug-likeness (QED) is 0.739. The maximum absolute atomic E-state index is 12.1. The molecular formula is C17H22BrN3O2. The minimum atomic E-state index is -0.440. The largest absolute Gasteiger partial charge is 0.444 e.